The van der Waals surface area contributed by atoms with Crippen molar-refractivity contribution < 1.29 is 56.2 Å². The van der Waals surface area contributed by atoms with Crippen LogP contribution in [0.5, 0.6) is 0 Å². The first kappa shape index (κ1) is 50.8. The van der Waals surface area contributed by atoms with E-state index in [1.807, 2.05) is 13.8 Å². The average molecular weight is 949 g/mol. The molecule has 5 rings (SSSR count). The van der Waals surface area contributed by atoms with Gasteiger partial charge in [0.15, 0.2) is 0 Å². The van der Waals surface area contributed by atoms with E-state index >= 15 is 0 Å². The molecule has 1 aromatic carbocycles. The van der Waals surface area contributed by atoms with Crippen LogP contribution >= 0.6 is 23.2 Å². The van der Waals surface area contributed by atoms with Crippen LogP contribution in [-0.2, 0) is 40.0 Å². The van der Waals surface area contributed by atoms with Gasteiger partial charge in [-0.2, -0.15) is 13.2 Å². The second kappa shape index (κ2) is 20.1. The molecule has 2 saturated carbocycles. The lowest BCUT2D eigenvalue weighted by Crippen LogP contribution is -2.63. The Balaban J connectivity index is 1.42. The largest absolute Gasteiger partial charge is 0.426 e. The monoisotopic (exact) mass is 947 g/mol. The molecule has 7 atom stereocenters. The predicted octanol–water partition coefficient (Wildman–Crippen LogP) is 3.45. The molecule has 0 bridgehead atoms. The Morgan fingerprint density at radius 1 is 1.02 bits per heavy atom. The van der Waals surface area contributed by atoms with Crippen molar-refractivity contribution in [3.05, 3.63) is 33.8 Å². The first-order valence-corrected chi connectivity index (χ1v) is 22.5. The number of rotatable bonds is 11. The van der Waals surface area contributed by atoms with Gasteiger partial charge >= 0.3 is 6.18 Å². The van der Waals surface area contributed by atoms with Gasteiger partial charge in [0.05, 0.1) is 6.54 Å². The number of likely N-dealkylation sites (N-methyl/N-ethyl adjacent to an activating group) is 2. The maximum atomic E-state index is 14.9. The number of hydrogen-bond donors (Lipinski definition) is 5. The van der Waals surface area contributed by atoms with E-state index in [1.165, 1.54) is 32.8 Å². The molecule has 1 unspecified atom stereocenters. The van der Waals surface area contributed by atoms with Crippen LogP contribution in [0.25, 0.3) is 0 Å². The van der Waals surface area contributed by atoms with Gasteiger partial charge in [0.25, 0.3) is 5.91 Å². The zero-order valence-corrected chi connectivity index (χ0v) is 38.3. The van der Waals surface area contributed by atoms with Crippen LogP contribution in [0.4, 0.5) is 17.6 Å². The molecule has 1 aromatic rings. The molecule has 0 radical (unpaired) electrons. The van der Waals surface area contributed by atoms with Gasteiger partial charge in [0.1, 0.15) is 41.9 Å². The summed E-state index contributed by atoms with van der Waals surface area (Å²) in [5.41, 5.74) is -4.81. The molecule has 7 amide bonds. The third-order valence-electron chi connectivity index (χ3n) is 12.6. The van der Waals surface area contributed by atoms with Crippen LogP contribution in [0.1, 0.15) is 91.0 Å². The molecule has 0 aromatic heterocycles. The summed E-state index contributed by atoms with van der Waals surface area (Å²) in [5, 5.41) is 22.2. The van der Waals surface area contributed by atoms with E-state index < -0.39 is 120 Å². The highest BCUT2D eigenvalue weighted by Gasteiger charge is 2.69. The highest BCUT2D eigenvalue weighted by Crippen LogP contribution is 2.50. The zero-order chi connectivity index (χ0) is 47.6. The number of halogens is 6. The minimum Gasteiger partial charge on any atom is -0.372 e. The number of nitrogens with zero attached hydrogens (tertiary/aromatic N) is 3. The molecule has 64 heavy (non-hydrogen) atoms. The highest BCUT2D eigenvalue weighted by atomic mass is 35.5. The molecule has 4 fully saturated rings. The summed E-state index contributed by atoms with van der Waals surface area (Å²) in [6.07, 6.45) is -6.59. The van der Waals surface area contributed by atoms with Gasteiger partial charge < -0.3 is 41.1 Å². The molecular formula is C43H59Cl2F4N7O8. The number of likely N-dealkylation sites (tertiary alicyclic amines) is 1. The second-order valence-electron chi connectivity index (χ2n) is 18.6. The fourth-order valence-corrected chi connectivity index (χ4v) is 8.84. The molecule has 2 heterocycles. The first-order valence-electron chi connectivity index (χ1n) is 21.7. The Bertz CT molecular complexity index is 1970. The van der Waals surface area contributed by atoms with Gasteiger partial charge in [-0.1, -0.05) is 37.0 Å². The van der Waals surface area contributed by atoms with E-state index in [1.54, 1.807) is 18.2 Å². The Morgan fingerprint density at radius 3 is 2.27 bits per heavy atom. The van der Waals surface area contributed by atoms with E-state index in [9.17, 15) is 56.2 Å². The quantitative estimate of drug-likeness (QED) is 0.208. The smallest absolute Gasteiger partial charge is 0.372 e. The van der Waals surface area contributed by atoms with Crippen LogP contribution in [0.15, 0.2) is 18.2 Å². The number of hydrogen-bond acceptors (Lipinski definition) is 8. The van der Waals surface area contributed by atoms with Gasteiger partial charge in [0, 0.05) is 49.4 Å². The van der Waals surface area contributed by atoms with Crippen molar-refractivity contribution in [2.75, 3.05) is 27.2 Å². The molecular weight excluding hydrogens is 889 g/mol. The Hall–Kier alpha value is -4.23. The van der Waals surface area contributed by atoms with E-state index in [0.29, 0.717) is 34.7 Å². The van der Waals surface area contributed by atoms with E-state index in [2.05, 4.69) is 21.3 Å². The minimum atomic E-state index is -5.39. The van der Waals surface area contributed by atoms with Crippen molar-refractivity contribution in [2.45, 2.75) is 146 Å². The van der Waals surface area contributed by atoms with Crippen molar-refractivity contribution >= 4 is 64.6 Å². The van der Waals surface area contributed by atoms with Crippen LogP contribution in [-0.4, -0.2) is 142 Å². The summed E-state index contributed by atoms with van der Waals surface area (Å²) < 4.78 is 57.3. The molecule has 15 nitrogen and oxygen atoms in total. The van der Waals surface area contributed by atoms with Crippen molar-refractivity contribution in [3.8, 4) is 0 Å². The number of alkyl halides is 4. The zero-order valence-electron chi connectivity index (χ0n) is 36.8. The second-order valence-corrected chi connectivity index (χ2v) is 19.4. The lowest BCUT2D eigenvalue weighted by molar-refractivity contribution is -0.263. The standard InChI is InChI=1S/C43H59Cl2F4N7O8/c1-22(2)17-29-37(60)55(6)31(19-24-18-26(44)14-15-28(24)45)36(59)53-41(3,4)39(62)50-16-8-7-9-30(34(57)51-29)54(5)38(61)33(23-10-11-23)52-35(58)32-20-27(46)21-56(32)40(63)42(64,25-12-13-25)43(47,48)49/h14-15,18,22-23,25,27,29-33,64H,7-13,16-17,19-21H2,1-6H3,(H,50,62)(H,51,57)(H,52,58)(H,53,59)/t27-,29+,30+,31+,32+,33+,42?/m1/s1. The number of amides is 7. The summed E-state index contributed by atoms with van der Waals surface area (Å²) in [6, 6.07) is -2.17. The number of benzene rings is 1. The Morgan fingerprint density at radius 2 is 1.67 bits per heavy atom. The molecule has 21 heteroatoms. The molecule has 4 aliphatic rings. The summed E-state index contributed by atoms with van der Waals surface area (Å²) in [4.78, 5) is 101. The van der Waals surface area contributed by atoms with Crippen molar-refractivity contribution in [2.24, 2.45) is 17.8 Å². The minimum absolute atomic E-state index is 0.0232. The first-order chi connectivity index (χ1) is 29.8. The van der Waals surface area contributed by atoms with E-state index in [-0.39, 0.29) is 56.0 Å². The summed E-state index contributed by atoms with van der Waals surface area (Å²) >= 11 is 12.8. The van der Waals surface area contributed by atoms with Gasteiger partial charge in [-0.05, 0) is 101 Å². The van der Waals surface area contributed by atoms with Crippen molar-refractivity contribution in [1.29, 1.82) is 0 Å². The molecule has 2 saturated heterocycles. The number of nitrogens with one attached hydrogen (secondary N) is 4. The number of carbonyl (C=O) groups is 7. The molecule has 2 aliphatic carbocycles. The van der Waals surface area contributed by atoms with E-state index in [0.717, 1.165) is 4.90 Å². The maximum Gasteiger partial charge on any atom is 0.426 e. The van der Waals surface area contributed by atoms with E-state index in [4.69, 9.17) is 23.2 Å². The summed E-state index contributed by atoms with van der Waals surface area (Å²) in [7, 11) is 2.72. The lowest BCUT2D eigenvalue weighted by Gasteiger charge is -2.36. The van der Waals surface area contributed by atoms with Crippen molar-refractivity contribution in [3.63, 3.8) is 0 Å². The van der Waals surface area contributed by atoms with Crippen LogP contribution in [0.3, 0.4) is 0 Å². The van der Waals surface area contributed by atoms with Gasteiger partial charge in [-0.3, -0.25) is 33.6 Å². The number of carbonyl (C=O) groups excluding carboxylic acids is 7. The lowest BCUT2D eigenvalue weighted by atomic mass is 9.94. The number of aliphatic hydroxyl groups is 1. The molecule has 5 N–H and O–H groups in total. The Kier molecular flexibility index (Phi) is 15.9. The van der Waals surface area contributed by atoms with Gasteiger partial charge in [0.2, 0.25) is 41.0 Å². The topological polar surface area (TPSA) is 198 Å². The van der Waals surface area contributed by atoms with Crippen LogP contribution < -0.4 is 21.3 Å². The average Bonchev–Trinajstić information content (AvgIpc) is 4.16. The Labute approximate surface area is 380 Å². The molecule has 2 aliphatic heterocycles. The fraction of sp³-hybridized carbons (Fsp3) is 0.698. The highest BCUT2D eigenvalue weighted by molar-refractivity contribution is 6.33. The molecule has 356 valence electrons. The third kappa shape index (κ3) is 11.6. The van der Waals surface area contributed by atoms with Crippen molar-refractivity contribution in [1.82, 2.24) is 36.0 Å². The van der Waals surface area contributed by atoms with Gasteiger partial charge in [-0.15, -0.1) is 0 Å². The van der Waals surface area contributed by atoms with Gasteiger partial charge in [-0.25, -0.2) is 4.39 Å². The third-order valence-corrected chi connectivity index (χ3v) is 13.2. The normalized spacial score (nSPS) is 26.7. The summed E-state index contributed by atoms with van der Waals surface area (Å²) in [5.74, 6) is -8.34. The SMILES string of the molecule is CC(C)C[C@@H]1NC(=O)[C@@H](N(C)C(=O)[C@@H](NC(=O)[C@@H]2C[C@@H](F)CN2C(=O)C(O)(C2CC2)C(F)(F)F)C2CC2)CCCCNC(=O)C(C)(C)NC(=O)[C@H](Cc2cc(Cl)ccc2Cl)N(C)C1=O. The molecule has 0 spiro atoms. The predicted molar refractivity (Wildman–Crippen MR) is 227 cm³/mol. The van der Waals surface area contributed by atoms with Crippen LogP contribution in [0.2, 0.25) is 10.0 Å². The summed E-state index contributed by atoms with van der Waals surface area (Å²) in [6.45, 7) is 5.93. The van der Waals surface area contributed by atoms with Crippen LogP contribution in [0, 0.1) is 17.8 Å². The maximum absolute atomic E-state index is 14.9. The fourth-order valence-electron chi connectivity index (χ4n) is 8.45.